The van der Waals surface area contributed by atoms with E-state index in [0.717, 1.165) is 11.2 Å². The van der Waals surface area contributed by atoms with E-state index >= 15 is 0 Å². The summed E-state index contributed by atoms with van der Waals surface area (Å²) in [5, 5.41) is 3.09. The first-order chi connectivity index (χ1) is 9.72. The molecule has 3 aromatic rings. The SMILES string of the molecule is Cn1cnc2nc(NCCc3cc(=O)[nH]cn3)ncc21. The van der Waals surface area contributed by atoms with E-state index in [1.807, 2.05) is 11.6 Å². The van der Waals surface area contributed by atoms with Gasteiger partial charge in [0.05, 0.1) is 18.9 Å². The van der Waals surface area contributed by atoms with Crippen LogP contribution in [-0.4, -0.2) is 36.0 Å². The minimum absolute atomic E-state index is 0.152. The van der Waals surface area contributed by atoms with Crippen LogP contribution in [-0.2, 0) is 13.5 Å². The summed E-state index contributed by atoms with van der Waals surface area (Å²) in [5.41, 5.74) is 2.10. The van der Waals surface area contributed by atoms with Gasteiger partial charge in [0.25, 0.3) is 5.56 Å². The largest absolute Gasteiger partial charge is 0.354 e. The standard InChI is InChI=1S/C12H13N7O/c1-19-7-17-11-9(19)5-14-12(18-11)13-3-2-8-4-10(20)16-6-15-8/h4-7H,2-3H2,1H3,(H,13,14,18)(H,15,16,20). The predicted molar refractivity (Wildman–Crippen MR) is 73.4 cm³/mol. The summed E-state index contributed by atoms with van der Waals surface area (Å²) in [4.78, 5) is 30.4. The van der Waals surface area contributed by atoms with Gasteiger partial charge < -0.3 is 14.9 Å². The van der Waals surface area contributed by atoms with Gasteiger partial charge >= 0.3 is 0 Å². The van der Waals surface area contributed by atoms with E-state index in [1.165, 1.54) is 12.4 Å². The molecule has 0 radical (unpaired) electrons. The van der Waals surface area contributed by atoms with Crippen molar-refractivity contribution >= 4 is 17.1 Å². The third-order valence-electron chi connectivity index (χ3n) is 2.88. The minimum Gasteiger partial charge on any atom is -0.354 e. The summed E-state index contributed by atoms with van der Waals surface area (Å²) in [6.45, 7) is 0.592. The molecule has 3 rings (SSSR count). The second-order valence-corrected chi connectivity index (χ2v) is 4.34. The van der Waals surface area contributed by atoms with Crippen LogP contribution in [0.15, 0.2) is 29.7 Å². The molecule has 0 atom stereocenters. The van der Waals surface area contributed by atoms with E-state index in [-0.39, 0.29) is 5.56 Å². The molecule has 8 heteroatoms. The maximum atomic E-state index is 11.1. The number of rotatable bonds is 4. The number of imidazole rings is 1. The summed E-state index contributed by atoms with van der Waals surface area (Å²) < 4.78 is 1.86. The van der Waals surface area contributed by atoms with Crippen molar-refractivity contribution < 1.29 is 0 Å². The summed E-state index contributed by atoms with van der Waals surface area (Å²) in [6.07, 6.45) is 5.44. The van der Waals surface area contributed by atoms with Gasteiger partial charge in [0.2, 0.25) is 5.95 Å². The summed E-state index contributed by atoms with van der Waals surface area (Å²) >= 11 is 0. The van der Waals surface area contributed by atoms with Gasteiger partial charge in [-0.25, -0.2) is 15.0 Å². The van der Waals surface area contributed by atoms with Crippen molar-refractivity contribution in [1.82, 2.24) is 29.5 Å². The number of aryl methyl sites for hydroxylation is 1. The number of nitrogens with one attached hydrogen (secondary N) is 2. The first kappa shape index (κ1) is 12.3. The number of hydrogen-bond acceptors (Lipinski definition) is 6. The van der Waals surface area contributed by atoms with Gasteiger partial charge in [-0.05, 0) is 0 Å². The third-order valence-corrected chi connectivity index (χ3v) is 2.88. The van der Waals surface area contributed by atoms with Crippen LogP contribution in [0.1, 0.15) is 5.69 Å². The van der Waals surface area contributed by atoms with E-state index in [2.05, 4.69) is 30.2 Å². The molecule has 0 aromatic carbocycles. The zero-order valence-electron chi connectivity index (χ0n) is 10.9. The highest BCUT2D eigenvalue weighted by Gasteiger charge is 2.04. The number of fused-ring (bicyclic) bond motifs is 1. The molecule has 20 heavy (non-hydrogen) atoms. The molecule has 2 N–H and O–H groups in total. The highest BCUT2D eigenvalue weighted by atomic mass is 16.1. The first-order valence-corrected chi connectivity index (χ1v) is 6.14. The lowest BCUT2D eigenvalue weighted by molar-refractivity contribution is 0.918. The fourth-order valence-electron chi connectivity index (χ4n) is 1.85. The van der Waals surface area contributed by atoms with E-state index < -0.39 is 0 Å². The van der Waals surface area contributed by atoms with E-state index in [4.69, 9.17) is 0 Å². The monoisotopic (exact) mass is 271 g/mol. The lowest BCUT2D eigenvalue weighted by atomic mass is 10.3. The van der Waals surface area contributed by atoms with Gasteiger partial charge in [-0.15, -0.1) is 0 Å². The number of aromatic nitrogens is 6. The molecule has 0 unspecified atom stereocenters. The van der Waals surface area contributed by atoms with Gasteiger partial charge in [0.1, 0.15) is 5.52 Å². The highest BCUT2D eigenvalue weighted by Crippen LogP contribution is 2.09. The number of hydrogen-bond donors (Lipinski definition) is 2. The Labute approximate surface area is 113 Å². The Hall–Kier alpha value is -2.77. The predicted octanol–water partition coefficient (Wildman–Crippen LogP) is 0.101. The first-order valence-electron chi connectivity index (χ1n) is 6.14. The van der Waals surface area contributed by atoms with Gasteiger partial charge in [0.15, 0.2) is 5.65 Å². The average Bonchev–Trinajstić information content (AvgIpc) is 2.80. The normalized spacial score (nSPS) is 10.8. The second kappa shape index (κ2) is 5.08. The maximum Gasteiger partial charge on any atom is 0.250 e. The fourth-order valence-corrected chi connectivity index (χ4v) is 1.85. The lowest BCUT2D eigenvalue weighted by Gasteiger charge is -2.03. The van der Waals surface area contributed by atoms with Crippen LogP contribution in [0.2, 0.25) is 0 Å². The smallest absolute Gasteiger partial charge is 0.250 e. The summed E-state index contributed by atoms with van der Waals surface area (Å²) in [5.74, 6) is 0.515. The zero-order chi connectivity index (χ0) is 13.9. The molecule has 0 spiro atoms. The Kier molecular flexibility index (Phi) is 3.12. The van der Waals surface area contributed by atoms with Crippen LogP contribution in [0.25, 0.3) is 11.2 Å². The van der Waals surface area contributed by atoms with Gasteiger partial charge in [-0.3, -0.25) is 4.79 Å². The zero-order valence-corrected chi connectivity index (χ0v) is 10.9. The van der Waals surface area contributed by atoms with Crippen molar-refractivity contribution in [2.24, 2.45) is 7.05 Å². The summed E-state index contributed by atoms with van der Waals surface area (Å²) in [6, 6.07) is 1.48. The molecule has 0 fully saturated rings. The number of anilines is 1. The molecule has 0 aliphatic rings. The Balaban J connectivity index is 1.66. The number of nitrogens with zero attached hydrogens (tertiary/aromatic N) is 5. The van der Waals surface area contributed by atoms with Crippen LogP contribution >= 0.6 is 0 Å². The van der Waals surface area contributed by atoms with Gasteiger partial charge in [0, 0.05) is 31.8 Å². The molecule has 0 saturated heterocycles. The molecule has 0 amide bonds. The van der Waals surface area contributed by atoms with E-state index in [9.17, 15) is 4.79 Å². The van der Waals surface area contributed by atoms with Crippen LogP contribution in [0.4, 0.5) is 5.95 Å². The van der Waals surface area contributed by atoms with Crippen molar-refractivity contribution in [3.8, 4) is 0 Å². The number of H-pyrrole nitrogens is 1. The summed E-state index contributed by atoms with van der Waals surface area (Å²) in [7, 11) is 1.89. The number of aromatic amines is 1. The minimum atomic E-state index is -0.152. The van der Waals surface area contributed by atoms with Crippen LogP contribution in [0, 0.1) is 0 Å². The topological polar surface area (TPSA) is 101 Å². The van der Waals surface area contributed by atoms with Crippen LogP contribution in [0.3, 0.4) is 0 Å². The molecule has 0 bridgehead atoms. The molecule has 0 saturated carbocycles. The van der Waals surface area contributed by atoms with E-state index in [1.54, 1.807) is 12.5 Å². The van der Waals surface area contributed by atoms with Gasteiger partial charge in [-0.1, -0.05) is 0 Å². The maximum absolute atomic E-state index is 11.1. The van der Waals surface area contributed by atoms with Gasteiger partial charge in [-0.2, -0.15) is 4.98 Å². The van der Waals surface area contributed by atoms with Crippen LogP contribution in [0.5, 0.6) is 0 Å². The Morgan fingerprint density at radius 2 is 2.25 bits per heavy atom. The third kappa shape index (κ3) is 2.48. The molecular formula is C12H13N7O. The molecule has 3 heterocycles. The highest BCUT2D eigenvalue weighted by molar-refractivity contribution is 5.70. The fraction of sp³-hybridized carbons (Fsp3) is 0.250. The Morgan fingerprint density at radius 1 is 1.35 bits per heavy atom. The molecule has 3 aromatic heterocycles. The lowest BCUT2D eigenvalue weighted by Crippen LogP contribution is -2.12. The van der Waals surface area contributed by atoms with Crippen molar-refractivity contribution in [3.05, 3.63) is 41.0 Å². The van der Waals surface area contributed by atoms with E-state index in [0.29, 0.717) is 24.6 Å². The Bertz CT molecular complexity index is 792. The molecule has 0 aliphatic heterocycles. The molecule has 102 valence electrons. The van der Waals surface area contributed by atoms with Crippen molar-refractivity contribution in [3.63, 3.8) is 0 Å². The molecule has 8 nitrogen and oxygen atoms in total. The average molecular weight is 271 g/mol. The molecule has 0 aliphatic carbocycles. The van der Waals surface area contributed by atoms with Crippen LogP contribution < -0.4 is 10.9 Å². The Morgan fingerprint density at radius 3 is 3.10 bits per heavy atom. The second-order valence-electron chi connectivity index (χ2n) is 4.34. The van der Waals surface area contributed by atoms with Crippen molar-refractivity contribution in [1.29, 1.82) is 0 Å². The molecular weight excluding hydrogens is 258 g/mol. The quantitative estimate of drug-likeness (QED) is 0.698. The van der Waals surface area contributed by atoms with Crippen molar-refractivity contribution in [2.45, 2.75) is 6.42 Å². The van der Waals surface area contributed by atoms with Crippen molar-refractivity contribution in [2.75, 3.05) is 11.9 Å².